The number of ether oxygens (including phenoxy) is 1. The molecule has 136 valence electrons. The molecule has 0 bridgehead atoms. The Kier molecular flexibility index (Phi) is 6.14. The normalized spacial score (nSPS) is 17.1. The van der Waals surface area contributed by atoms with Gasteiger partial charge in [0.25, 0.3) is 5.91 Å². The van der Waals surface area contributed by atoms with Crippen LogP contribution in [-0.4, -0.2) is 48.2 Å². The number of hydrogen-bond donors (Lipinski definition) is 1. The maximum atomic E-state index is 13.0. The number of carbonyl (C=O) groups excluding carboxylic acids is 1. The minimum atomic E-state index is 0. The molecule has 0 saturated carbocycles. The van der Waals surface area contributed by atoms with E-state index in [4.69, 9.17) is 4.74 Å². The molecule has 3 rings (SSSR count). The summed E-state index contributed by atoms with van der Waals surface area (Å²) in [7, 11) is 1.66. The minimum Gasteiger partial charge on any atom is -0.497 e. The third-order valence-corrected chi connectivity index (χ3v) is 4.75. The molecule has 25 heavy (non-hydrogen) atoms. The van der Waals surface area contributed by atoms with Crippen molar-refractivity contribution in [3.05, 3.63) is 47.3 Å². The van der Waals surface area contributed by atoms with Crippen molar-refractivity contribution in [1.82, 2.24) is 14.8 Å². The Morgan fingerprint density at radius 3 is 2.52 bits per heavy atom. The summed E-state index contributed by atoms with van der Waals surface area (Å²) in [6, 6.07) is 10.1. The summed E-state index contributed by atoms with van der Waals surface area (Å²) in [6.45, 7) is 8.60. The van der Waals surface area contributed by atoms with E-state index >= 15 is 0 Å². The molecule has 0 spiro atoms. The summed E-state index contributed by atoms with van der Waals surface area (Å²) in [4.78, 5) is 15.0. The second kappa shape index (κ2) is 7.93. The van der Waals surface area contributed by atoms with Gasteiger partial charge in [-0.1, -0.05) is 0 Å². The van der Waals surface area contributed by atoms with Crippen LogP contribution in [0.4, 0.5) is 0 Å². The first-order valence-electron chi connectivity index (χ1n) is 8.38. The summed E-state index contributed by atoms with van der Waals surface area (Å²) >= 11 is 0. The van der Waals surface area contributed by atoms with Gasteiger partial charge in [0.2, 0.25) is 0 Å². The molecular weight excluding hydrogens is 338 g/mol. The van der Waals surface area contributed by atoms with E-state index < -0.39 is 0 Å². The fourth-order valence-electron chi connectivity index (χ4n) is 3.41. The van der Waals surface area contributed by atoms with Crippen molar-refractivity contribution in [2.45, 2.75) is 26.8 Å². The number of nitrogens with one attached hydrogen (secondary N) is 1. The lowest BCUT2D eigenvalue weighted by Crippen LogP contribution is -2.52. The third-order valence-electron chi connectivity index (χ3n) is 4.75. The number of aryl methyl sites for hydroxylation is 1. The van der Waals surface area contributed by atoms with Gasteiger partial charge in [0.15, 0.2) is 0 Å². The Hall–Kier alpha value is -1.98. The predicted molar refractivity (Wildman–Crippen MR) is 102 cm³/mol. The quantitative estimate of drug-likeness (QED) is 0.912. The molecule has 1 atom stereocenters. The first-order chi connectivity index (χ1) is 11.5. The van der Waals surface area contributed by atoms with Gasteiger partial charge in [-0.05, 0) is 51.1 Å². The van der Waals surface area contributed by atoms with Crippen LogP contribution in [0.25, 0.3) is 5.69 Å². The van der Waals surface area contributed by atoms with Crippen molar-refractivity contribution in [3.63, 3.8) is 0 Å². The number of carbonyl (C=O) groups is 1. The van der Waals surface area contributed by atoms with Crippen LogP contribution in [0.2, 0.25) is 0 Å². The lowest BCUT2D eigenvalue weighted by molar-refractivity contribution is 0.0655. The summed E-state index contributed by atoms with van der Waals surface area (Å²) < 4.78 is 7.35. The van der Waals surface area contributed by atoms with Gasteiger partial charge >= 0.3 is 0 Å². The Morgan fingerprint density at radius 2 is 1.92 bits per heavy atom. The number of benzene rings is 1. The summed E-state index contributed by atoms with van der Waals surface area (Å²) in [5, 5.41) is 3.33. The smallest absolute Gasteiger partial charge is 0.256 e. The van der Waals surface area contributed by atoms with E-state index in [2.05, 4.69) is 16.8 Å². The van der Waals surface area contributed by atoms with Crippen LogP contribution in [-0.2, 0) is 0 Å². The van der Waals surface area contributed by atoms with E-state index in [-0.39, 0.29) is 24.4 Å². The number of nitrogens with zero attached hydrogens (tertiary/aromatic N) is 2. The monoisotopic (exact) mass is 363 g/mol. The molecule has 0 unspecified atom stereocenters. The van der Waals surface area contributed by atoms with Gasteiger partial charge in [-0.15, -0.1) is 12.4 Å². The minimum absolute atomic E-state index is 0. The van der Waals surface area contributed by atoms with E-state index in [0.29, 0.717) is 0 Å². The molecule has 0 radical (unpaired) electrons. The number of piperazine rings is 1. The van der Waals surface area contributed by atoms with Crippen molar-refractivity contribution in [2.24, 2.45) is 0 Å². The average molecular weight is 364 g/mol. The third kappa shape index (κ3) is 3.67. The number of hydrogen-bond acceptors (Lipinski definition) is 3. The van der Waals surface area contributed by atoms with E-state index in [0.717, 1.165) is 48.0 Å². The molecule has 0 aliphatic carbocycles. The topological polar surface area (TPSA) is 46.5 Å². The lowest BCUT2D eigenvalue weighted by atomic mass is 10.1. The lowest BCUT2D eigenvalue weighted by Gasteiger charge is -2.34. The molecule has 1 saturated heterocycles. The van der Waals surface area contributed by atoms with Gasteiger partial charge in [0.05, 0.1) is 12.7 Å². The second-order valence-electron chi connectivity index (χ2n) is 6.37. The van der Waals surface area contributed by atoms with Gasteiger partial charge in [-0.25, -0.2) is 0 Å². The first-order valence-corrected chi connectivity index (χ1v) is 8.38. The zero-order chi connectivity index (χ0) is 17.3. The molecule has 1 fully saturated rings. The summed E-state index contributed by atoms with van der Waals surface area (Å²) in [5.74, 6) is 0.948. The fourth-order valence-corrected chi connectivity index (χ4v) is 3.41. The molecule has 2 heterocycles. The number of halogens is 1. The fraction of sp³-hybridized carbons (Fsp3) is 0.421. The molecule has 1 amide bonds. The number of methoxy groups -OCH3 is 1. The van der Waals surface area contributed by atoms with Gasteiger partial charge in [0.1, 0.15) is 5.75 Å². The molecule has 1 aliphatic heterocycles. The van der Waals surface area contributed by atoms with Gasteiger partial charge in [0, 0.05) is 42.8 Å². The van der Waals surface area contributed by atoms with Crippen molar-refractivity contribution in [1.29, 1.82) is 0 Å². The Bertz CT molecular complexity index is 740. The molecular formula is C19H26ClN3O2. The predicted octanol–water partition coefficient (Wildman–Crippen LogP) is 2.96. The van der Waals surface area contributed by atoms with Crippen molar-refractivity contribution in [2.75, 3.05) is 26.7 Å². The Balaban J connectivity index is 0.00000225. The highest BCUT2D eigenvalue weighted by atomic mass is 35.5. The van der Waals surface area contributed by atoms with E-state index in [1.54, 1.807) is 7.11 Å². The van der Waals surface area contributed by atoms with Crippen molar-refractivity contribution in [3.8, 4) is 11.4 Å². The maximum absolute atomic E-state index is 13.0. The highest BCUT2D eigenvalue weighted by Crippen LogP contribution is 2.24. The summed E-state index contributed by atoms with van der Waals surface area (Å²) in [5.41, 5.74) is 3.87. The highest BCUT2D eigenvalue weighted by Gasteiger charge is 2.27. The van der Waals surface area contributed by atoms with E-state index in [9.17, 15) is 4.79 Å². The van der Waals surface area contributed by atoms with E-state index in [1.807, 2.05) is 49.1 Å². The first kappa shape index (κ1) is 19.3. The van der Waals surface area contributed by atoms with Crippen LogP contribution in [0.5, 0.6) is 5.75 Å². The Labute approximate surface area is 155 Å². The molecule has 1 N–H and O–H groups in total. The zero-order valence-electron chi connectivity index (χ0n) is 15.2. The zero-order valence-corrected chi connectivity index (χ0v) is 16.0. The molecule has 1 aliphatic rings. The van der Waals surface area contributed by atoms with Gasteiger partial charge in [-0.2, -0.15) is 0 Å². The van der Waals surface area contributed by atoms with Crippen LogP contribution in [0.15, 0.2) is 30.3 Å². The summed E-state index contributed by atoms with van der Waals surface area (Å²) in [6.07, 6.45) is 0. The number of aromatic nitrogens is 1. The molecule has 1 aromatic heterocycles. The van der Waals surface area contributed by atoms with E-state index in [1.165, 1.54) is 0 Å². The average Bonchev–Trinajstić information content (AvgIpc) is 2.89. The molecule has 5 nitrogen and oxygen atoms in total. The van der Waals surface area contributed by atoms with Crippen LogP contribution in [0, 0.1) is 13.8 Å². The largest absolute Gasteiger partial charge is 0.497 e. The molecule has 2 aromatic rings. The van der Waals surface area contributed by atoms with Gasteiger partial charge in [-0.3, -0.25) is 4.79 Å². The van der Waals surface area contributed by atoms with Crippen LogP contribution >= 0.6 is 12.4 Å². The van der Waals surface area contributed by atoms with Crippen LogP contribution < -0.4 is 10.1 Å². The SMILES string of the molecule is COc1ccc(-n2c(C)cc(C(=O)N3CCNC[C@H]3C)c2C)cc1.Cl. The van der Waals surface area contributed by atoms with Crippen molar-refractivity contribution >= 4 is 18.3 Å². The van der Waals surface area contributed by atoms with Crippen molar-refractivity contribution < 1.29 is 9.53 Å². The van der Waals surface area contributed by atoms with Crippen LogP contribution in [0.1, 0.15) is 28.7 Å². The maximum Gasteiger partial charge on any atom is 0.256 e. The highest BCUT2D eigenvalue weighted by molar-refractivity contribution is 5.96. The molecule has 6 heteroatoms. The number of rotatable bonds is 3. The Morgan fingerprint density at radius 1 is 1.24 bits per heavy atom. The van der Waals surface area contributed by atoms with Gasteiger partial charge < -0.3 is 19.5 Å². The van der Waals surface area contributed by atoms with Crippen LogP contribution in [0.3, 0.4) is 0 Å². The molecule has 1 aromatic carbocycles. The standard InChI is InChI=1S/C19H25N3O2.ClH/c1-13-11-18(19(23)21-10-9-20-12-14(21)2)15(3)22(13)16-5-7-17(24-4)8-6-16;/h5-8,11,14,20H,9-10,12H2,1-4H3;1H/t14-;/m1./s1. The number of amides is 1. The second-order valence-corrected chi connectivity index (χ2v) is 6.37.